The van der Waals surface area contributed by atoms with Crippen LogP contribution in [0.3, 0.4) is 0 Å². The average Bonchev–Trinajstić information content (AvgIpc) is 3.78. The van der Waals surface area contributed by atoms with Gasteiger partial charge in [-0.25, -0.2) is 0 Å². The van der Waals surface area contributed by atoms with Crippen LogP contribution in [0.5, 0.6) is 0 Å². The number of furan rings is 1. The molecule has 9 aromatic carbocycles. The molecular formula is C57H41NO. The standard InChI is InChI=1S/C57H41NO/c1-57(2)50-31-14-11-24-43(50)47-29-17-30-48(56(47)57)44-25-12-15-32-51(44)58(40-35-36-54-49(37-40)45-26-13-16-34-53(45)59-54)52-33-18-28-42(39-21-7-4-8-22-39)55(52)46-27-10-9-23-41(46)38-19-5-3-6-20-38/h3-37H,1-2H3. The van der Waals surface area contributed by atoms with Crippen LogP contribution in [0.25, 0.3) is 77.6 Å². The molecule has 2 heteroatoms. The fraction of sp³-hybridized carbons (Fsp3) is 0.0526. The lowest BCUT2D eigenvalue weighted by Crippen LogP contribution is -2.17. The van der Waals surface area contributed by atoms with Gasteiger partial charge in [-0.2, -0.15) is 0 Å². The van der Waals surface area contributed by atoms with Crippen molar-refractivity contribution in [2.75, 3.05) is 4.90 Å². The van der Waals surface area contributed by atoms with Crippen LogP contribution >= 0.6 is 0 Å². The Labute approximate surface area is 345 Å². The second-order valence-corrected chi connectivity index (χ2v) is 16.0. The summed E-state index contributed by atoms with van der Waals surface area (Å²) in [6.07, 6.45) is 0. The molecule has 0 fully saturated rings. The van der Waals surface area contributed by atoms with Gasteiger partial charge in [-0.15, -0.1) is 0 Å². The van der Waals surface area contributed by atoms with Crippen molar-refractivity contribution < 1.29 is 4.42 Å². The quantitative estimate of drug-likeness (QED) is 0.161. The lowest BCUT2D eigenvalue weighted by atomic mass is 9.78. The van der Waals surface area contributed by atoms with Crippen molar-refractivity contribution in [2.45, 2.75) is 19.3 Å². The first-order valence-corrected chi connectivity index (χ1v) is 20.4. The normalized spacial score (nSPS) is 12.7. The van der Waals surface area contributed by atoms with Crippen molar-refractivity contribution in [3.8, 4) is 55.6 Å². The van der Waals surface area contributed by atoms with Crippen LogP contribution in [0.4, 0.5) is 17.1 Å². The Bertz CT molecular complexity index is 3190. The molecule has 11 rings (SSSR count). The van der Waals surface area contributed by atoms with Crippen LogP contribution in [-0.2, 0) is 5.41 Å². The van der Waals surface area contributed by atoms with Gasteiger partial charge >= 0.3 is 0 Å². The third-order valence-corrected chi connectivity index (χ3v) is 12.3. The largest absolute Gasteiger partial charge is 0.456 e. The van der Waals surface area contributed by atoms with Crippen molar-refractivity contribution >= 4 is 39.0 Å². The number of nitrogens with zero attached hydrogens (tertiary/aromatic N) is 1. The van der Waals surface area contributed by atoms with Gasteiger partial charge in [0.05, 0.1) is 11.4 Å². The Morgan fingerprint density at radius 1 is 0.373 bits per heavy atom. The topological polar surface area (TPSA) is 16.4 Å². The number of para-hydroxylation sites is 2. The summed E-state index contributed by atoms with van der Waals surface area (Å²) in [5, 5.41) is 2.19. The summed E-state index contributed by atoms with van der Waals surface area (Å²) >= 11 is 0. The molecule has 0 spiro atoms. The lowest BCUT2D eigenvalue weighted by molar-refractivity contribution is 0.662. The number of fused-ring (bicyclic) bond motifs is 6. The van der Waals surface area contributed by atoms with Crippen LogP contribution in [0.15, 0.2) is 217 Å². The molecule has 0 atom stereocenters. The highest BCUT2D eigenvalue weighted by Crippen LogP contribution is 2.55. The summed E-state index contributed by atoms with van der Waals surface area (Å²) in [4.78, 5) is 2.49. The molecule has 0 amide bonds. The molecular weight excluding hydrogens is 715 g/mol. The van der Waals surface area contributed by atoms with Crippen LogP contribution in [-0.4, -0.2) is 0 Å². The predicted octanol–water partition coefficient (Wildman–Crippen LogP) is 16.0. The van der Waals surface area contributed by atoms with E-state index in [1.165, 1.54) is 55.6 Å². The summed E-state index contributed by atoms with van der Waals surface area (Å²) in [7, 11) is 0. The van der Waals surface area contributed by atoms with E-state index in [-0.39, 0.29) is 5.41 Å². The van der Waals surface area contributed by atoms with Crippen LogP contribution in [0.1, 0.15) is 25.0 Å². The number of hydrogen-bond donors (Lipinski definition) is 0. The summed E-state index contributed by atoms with van der Waals surface area (Å²) < 4.78 is 6.41. The minimum atomic E-state index is -0.192. The molecule has 280 valence electrons. The maximum atomic E-state index is 6.41. The molecule has 0 radical (unpaired) electrons. The van der Waals surface area contributed by atoms with E-state index in [9.17, 15) is 0 Å². The molecule has 1 heterocycles. The molecule has 0 N–H and O–H groups in total. The van der Waals surface area contributed by atoms with Gasteiger partial charge in [0.2, 0.25) is 0 Å². The maximum absolute atomic E-state index is 6.41. The van der Waals surface area contributed by atoms with Crippen LogP contribution < -0.4 is 4.90 Å². The molecule has 0 unspecified atom stereocenters. The molecule has 1 aliphatic rings. The zero-order chi connectivity index (χ0) is 39.5. The Hall–Kier alpha value is -7.42. The van der Waals surface area contributed by atoms with Gasteiger partial charge in [-0.3, -0.25) is 0 Å². The third kappa shape index (κ3) is 5.63. The minimum Gasteiger partial charge on any atom is -0.456 e. The Balaban J connectivity index is 1.24. The SMILES string of the molecule is CC1(C)c2ccccc2-c2cccc(-c3ccccc3N(c3ccc4oc5ccccc5c4c3)c3cccc(-c4ccccc4)c3-c3ccccc3-c3ccccc3)c21. The number of hydrogen-bond acceptors (Lipinski definition) is 2. The van der Waals surface area contributed by atoms with Crippen LogP contribution in [0, 0.1) is 0 Å². The second kappa shape index (κ2) is 13.9. The summed E-state index contributed by atoms with van der Waals surface area (Å²) in [6, 6.07) is 77.0. The smallest absolute Gasteiger partial charge is 0.135 e. The summed E-state index contributed by atoms with van der Waals surface area (Å²) in [5.41, 5.74) is 19.6. The molecule has 10 aromatic rings. The van der Waals surface area contributed by atoms with Crippen molar-refractivity contribution in [3.05, 3.63) is 223 Å². The van der Waals surface area contributed by atoms with Gasteiger partial charge in [-0.1, -0.05) is 190 Å². The molecule has 1 aliphatic carbocycles. The molecule has 59 heavy (non-hydrogen) atoms. The van der Waals surface area contributed by atoms with E-state index in [1.54, 1.807) is 0 Å². The Morgan fingerprint density at radius 3 is 1.68 bits per heavy atom. The van der Waals surface area contributed by atoms with Crippen molar-refractivity contribution in [3.63, 3.8) is 0 Å². The summed E-state index contributed by atoms with van der Waals surface area (Å²) in [5.74, 6) is 0. The van der Waals surface area contributed by atoms with E-state index in [0.29, 0.717) is 0 Å². The first-order chi connectivity index (χ1) is 29.1. The van der Waals surface area contributed by atoms with Gasteiger partial charge in [0, 0.05) is 33.0 Å². The van der Waals surface area contributed by atoms with Crippen molar-refractivity contribution in [1.29, 1.82) is 0 Å². The van der Waals surface area contributed by atoms with Gasteiger partial charge in [-0.05, 0) is 92.0 Å². The van der Waals surface area contributed by atoms with Gasteiger partial charge in [0.15, 0.2) is 0 Å². The zero-order valence-electron chi connectivity index (χ0n) is 33.1. The van der Waals surface area contributed by atoms with Crippen molar-refractivity contribution in [1.82, 2.24) is 0 Å². The van der Waals surface area contributed by atoms with E-state index in [0.717, 1.165) is 50.1 Å². The zero-order valence-corrected chi connectivity index (χ0v) is 33.1. The highest BCUT2D eigenvalue weighted by Gasteiger charge is 2.38. The molecule has 2 nitrogen and oxygen atoms in total. The number of anilines is 3. The van der Waals surface area contributed by atoms with Crippen LogP contribution in [0.2, 0.25) is 0 Å². The minimum absolute atomic E-state index is 0.192. The summed E-state index contributed by atoms with van der Waals surface area (Å²) in [6.45, 7) is 4.75. The molecule has 0 aliphatic heterocycles. The molecule has 1 aromatic heterocycles. The van der Waals surface area contributed by atoms with E-state index in [1.807, 2.05) is 6.07 Å². The maximum Gasteiger partial charge on any atom is 0.135 e. The Morgan fingerprint density at radius 2 is 0.898 bits per heavy atom. The molecule has 0 saturated carbocycles. The number of rotatable bonds is 7. The fourth-order valence-corrected chi connectivity index (χ4v) is 9.67. The average molecular weight is 756 g/mol. The predicted molar refractivity (Wildman–Crippen MR) is 248 cm³/mol. The van der Waals surface area contributed by atoms with E-state index < -0.39 is 0 Å². The van der Waals surface area contributed by atoms with Gasteiger partial charge in [0.25, 0.3) is 0 Å². The second-order valence-electron chi connectivity index (χ2n) is 16.0. The lowest BCUT2D eigenvalue weighted by Gasteiger charge is -2.32. The Kier molecular flexibility index (Phi) is 8.20. The first-order valence-electron chi connectivity index (χ1n) is 20.4. The fourth-order valence-electron chi connectivity index (χ4n) is 9.67. The van der Waals surface area contributed by atoms with E-state index in [2.05, 4.69) is 225 Å². The molecule has 0 bridgehead atoms. The van der Waals surface area contributed by atoms with Gasteiger partial charge < -0.3 is 9.32 Å². The monoisotopic (exact) mass is 755 g/mol. The highest BCUT2D eigenvalue weighted by atomic mass is 16.3. The van der Waals surface area contributed by atoms with Crippen molar-refractivity contribution in [2.24, 2.45) is 0 Å². The van der Waals surface area contributed by atoms with E-state index in [4.69, 9.17) is 4.42 Å². The number of benzene rings is 9. The van der Waals surface area contributed by atoms with E-state index >= 15 is 0 Å². The highest BCUT2D eigenvalue weighted by molar-refractivity contribution is 6.08. The van der Waals surface area contributed by atoms with Gasteiger partial charge in [0.1, 0.15) is 11.2 Å². The third-order valence-electron chi connectivity index (χ3n) is 12.3. The first kappa shape index (κ1) is 34.8. The molecule has 0 saturated heterocycles.